The summed E-state index contributed by atoms with van der Waals surface area (Å²) in [6, 6.07) is 5.03. The number of halogens is 7. The van der Waals surface area contributed by atoms with Crippen molar-refractivity contribution < 1.29 is 43.9 Å². The summed E-state index contributed by atoms with van der Waals surface area (Å²) in [6.07, 6.45) is -10.1. The van der Waals surface area contributed by atoms with Crippen molar-refractivity contribution in [1.82, 2.24) is 14.5 Å². The molecule has 3 rings (SSSR count). The van der Waals surface area contributed by atoms with Crippen LogP contribution in [0.15, 0.2) is 47.4 Å². The van der Waals surface area contributed by atoms with E-state index >= 15 is 0 Å². The zero-order chi connectivity index (χ0) is 26.0. The lowest BCUT2D eigenvalue weighted by Crippen LogP contribution is -2.50. The zero-order valence-corrected chi connectivity index (χ0v) is 18.8. The van der Waals surface area contributed by atoms with Crippen LogP contribution in [0.4, 0.5) is 30.7 Å². The molecule has 6 nitrogen and oxygen atoms in total. The van der Waals surface area contributed by atoms with Crippen LogP contribution in [-0.2, 0) is 22.4 Å². The van der Waals surface area contributed by atoms with Crippen LogP contribution in [-0.4, -0.2) is 62.8 Å². The van der Waals surface area contributed by atoms with Gasteiger partial charge in [-0.25, -0.2) is 12.8 Å². The summed E-state index contributed by atoms with van der Waals surface area (Å²) >= 11 is 0. The van der Waals surface area contributed by atoms with Gasteiger partial charge in [-0.1, -0.05) is 0 Å². The van der Waals surface area contributed by atoms with Crippen molar-refractivity contribution in [3.05, 3.63) is 65.0 Å². The molecule has 2 aromatic rings. The average molecular weight is 527 g/mol. The monoisotopic (exact) mass is 527 g/mol. The maximum Gasteiger partial charge on any atom is 0.416 e. The van der Waals surface area contributed by atoms with Crippen LogP contribution in [0.3, 0.4) is 0 Å². The number of alkyl halides is 6. The fourth-order valence-corrected chi connectivity index (χ4v) is 4.89. The molecule has 2 aromatic carbocycles. The van der Waals surface area contributed by atoms with Crippen LogP contribution in [0, 0.1) is 5.82 Å². The van der Waals surface area contributed by atoms with E-state index in [0.717, 1.165) is 24.3 Å². The van der Waals surface area contributed by atoms with Crippen molar-refractivity contribution in [3.8, 4) is 0 Å². The van der Waals surface area contributed by atoms with E-state index in [1.165, 1.54) is 4.31 Å². The lowest BCUT2D eigenvalue weighted by molar-refractivity contribution is -0.143. The van der Waals surface area contributed by atoms with E-state index in [0.29, 0.717) is 12.1 Å². The third-order valence-corrected chi connectivity index (χ3v) is 7.26. The van der Waals surface area contributed by atoms with Crippen molar-refractivity contribution in [3.63, 3.8) is 0 Å². The number of nitrogens with zero attached hydrogens (tertiary/aromatic N) is 2. The number of hydrogen-bond acceptors (Lipinski definition) is 4. The number of nitrogens with one attached hydrogen (secondary N) is 1. The van der Waals surface area contributed by atoms with Crippen LogP contribution in [0.25, 0.3) is 0 Å². The molecule has 0 bridgehead atoms. The smallest absolute Gasteiger partial charge is 0.351 e. The topological polar surface area (TPSA) is 69.7 Å². The highest BCUT2D eigenvalue weighted by Gasteiger charge is 2.37. The molecule has 0 atom stereocenters. The molecule has 0 radical (unpaired) electrons. The first-order valence-corrected chi connectivity index (χ1v) is 11.7. The largest absolute Gasteiger partial charge is 0.416 e. The number of sulfonamides is 1. The number of hydrogen-bond donors (Lipinski definition) is 1. The lowest BCUT2D eigenvalue weighted by atomic mass is 10.0. The number of amides is 1. The average Bonchev–Trinajstić information content (AvgIpc) is 2.78. The van der Waals surface area contributed by atoms with E-state index < -0.39 is 50.8 Å². The number of rotatable bonds is 6. The Morgan fingerprint density at radius 1 is 0.857 bits per heavy atom. The summed E-state index contributed by atoms with van der Waals surface area (Å²) in [7, 11) is -3.82. The SMILES string of the molecule is O=C(NCCN1CCN(S(=O)(=O)c2ccc(F)cc2)CC1)c1cc(C(F)(F)F)cc(C(F)(F)F)c1. The van der Waals surface area contributed by atoms with Crippen LogP contribution in [0.5, 0.6) is 0 Å². The Bertz CT molecular complexity index is 1130. The fourth-order valence-electron chi connectivity index (χ4n) is 3.46. The molecule has 0 spiro atoms. The Balaban J connectivity index is 1.56. The molecule has 1 N–H and O–H groups in total. The molecule has 1 saturated heterocycles. The fraction of sp³-hybridized carbons (Fsp3) is 0.381. The second-order valence-corrected chi connectivity index (χ2v) is 9.69. The molecular formula is C21H20F7N3O3S. The second-order valence-electron chi connectivity index (χ2n) is 7.75. The van der Waals surface area contributed by atoms with E-state index in [9.17, 15) is 43.9 Å². The first-order chi connectivity index (χ1) is 16.2. The third kappa shape index (κ3) is 6.70. The van der Waals surface area contributed by atoms with Crippen molar-refractivity contribution in [2.45, 2.75) is 17.2 Å². The number of carbonyl (C=O) groups is 1. The van der Waals surface area contributed by atoms with Gasteiger partial charge in [-0.3, -0.25) is 9.69 Å². The quantitative estimate of drug-likeness (QED) is 0.584. The molecule has 1 aliphatic rings. The van der Waals surface area contributed by atoms with Crippen molar-refractivity contribution in [2.24, 2.45) is 0 Å². The van der Waals surface area contributed by atoms with E-state index in [2.05, 4.69) is 5.32 Å². The minimum absolute atomic E-state index is 0.0565. The summed E-state index contributed by atoms with van der Waals surface area (Å²) in [5.41, 5.74) is -3.95. The Hall–Kier alpha value is -2.71. The van der Waals surface area contributed by atoms with Crippen LogP contribution in [0.1, 0.15) is 21.5 Å². The zero-order valence-electron chi connectivity index (χ0n) is 18.0. The Morgan fingerprint density at radius 2 is 1.37 bits per heavy atom. The van der Waals surface area contributed by atoms with Gasteiger partial charge in [-0.15, -0.1) is 0 Å². The van der Waals surface area contributed by atoms with E-state index in [1.54, 1.807) is 4.90 Å². The number of benzene rings is 2. The molecular weight excluding hydrogens is 507 g/mol. The first-order valence-electron chi connectivity index (χ1n) is 10.2. The standard InChI is InChI=1S/C21H20F7N3O3S/c22-17-1-3-18(4-2-17)35(33,34)31-9-7-30(8-10-31)6-5-29-19(32)14-11-15(20(23,24)25)13-16(12-14)21(26,27)28/h1-4,11-13H,5-10H2,(H,29,32). The third-order valence-electron chi connectivity index (χ3n) is 5.35. The molecule has 14 heteroatoms. The summed E-state index contributed by atoms with van der Waals surface area (Å²) in [5, 5.41) is 2.29. The molecule has 1 aliphatic heterocycles. The summed E-state index contributed by atoms with van der Waals surface area (Å²) < 4.78 is 117. The normalized spacial score (nSPS) is 16.3. The number of carbonyl (C=O) groups excluding carboxylic acids is 1. The summed E-state index contributed by atoms with van der Waals surface area (Å²) in [6.45, 7) is 0.880. The Kier molecular flexibility index (Phi) is 7.77. The molecule has 35 heavy (non-hydrogen) atoms. The van der Waals surface area contributed by atoms with Gasteiger partial charge >= 0.3 is 12.4 Å². The maximum absolute atomic E-state index is 13.1. The molecule has 0 unspecified atom stereocenters. The minimum Gasteiger partial charge on any atom is -0.351 e. The van der Waals surface area contributed by atoms with Gasteiger partial charge in [0.1, 0.15) is 5.82 Å². The molecule has 1 amide bonds. The maximum atomic E-state index is 13.1. The molecule has 0 aromatic heterocycles. The van der Waals surface area contributed by atoms with Gasteiger partial charge in [0.2, 0.25) is 10.0 Å². The molecule has 0 saturated carbocycles. The Morgan fingerprint density at radius 3 is 1.86 bits per heavy atom. The minimum atomic E-state index is -5.07. The van der Waals surface area contributed by atoms with Crippen molar-refractivity contribution >= 4 is 15.9 Å². The van der Waals surface area contributed by atoms with Gasteiger partial charge in [0.25, 0.3) is 5.91 Å². The molecule has 1 fully saturated rings. The Labute approximate surface area is 196 Å². The highest BCUT2D eigenvalue weighted by Crippen LogP contribution is 2.36. The molecule has 1 heterocycles. The molecule has 0 aliphatic carbocycles. The van der Waals surface area contributed by atoms with E-state index in [1.807, 2.05) is 0 Å². The summed E-state index contributed by atoms with van der Waals surface area (Å²) in [5.74, 6) is -1.67. The second kappa shape index (κ2) is 10.1. The van der Waals surface area contributed by atoms with E-state index in [-0.39, 0.29) is 50.2 Å². The van der Waals surface area contributed by atoms with Gasteiger partial charge in [-0.2, -0.15) is 30.6 Å². The highest BCUT2D eigenvalue weighted by molar-refractivity contribution is 7.89. The van der Waals surface area contributed by atoms with Crippen LogP contribution >= 0.6 is 0 Å². The lowest BCUT2D eigenvalue weighted by Gasteiger charge is -2.34. The van der Waals surface area contributed by atoms with E-state index in [4.69, 9.17) is 0 Å². The first kappa shape index (κ1) is 26.9. The highest BCUT2D eigenvalue weighted by atomic mass is 32.2. The molecule has 192 valence electrons. The van der Waals surface area contributed by atoms with Gasteiger partial charge in [0, 0.05) is 44.8 Å². The van der Waals surface area contributed by atoms with Gasteiger partial charge < -0.3 is 5.32 Å². The van der Waals surface area contributed by atoms with Gasteiger partial charge in [0.05, 0.1) is 16.0 Å². The summed E-state index contributed by atoms with van der Waals surface area (Å²) in [4.78, 5) is 14.0. The van der Waals surface area contributed by atoms with Gasteiger partial charge in [-0.05, 0) is 42.5 Å². The number of piperazine rings is 1. The van der Waals surface area contributed by atoms with Crippen LogP contribution < -0.4 is 5.32 Å². The van der Waals surface area contributed by atoms with Crippen molar-refractivity contribution in [2.75, 3.05) is 39.3 Å². The predicted octanol–water partition coefficient (Wildman–Crippen LogP) is 3.60. The van der Waals surface area contributed by atoms with Gasteiger partial charge in [0.15, 0.2) is 0 Å². The van der Waals surface area contributed by atoms with Crippen LogP contribution in [0.2, 0.25) is 0 Å². The van der Waals surface area contributed by atoms with Crippen molar-refractivity contribution in [1.29, 1.82) is 0 Å². The predicted molar refractivity (Wildman–Crippen MR) is 110 cm³/mol.